The topological polar surface area (TPSA) is 75.4 Å². The molecule has 0 radical (unpaired) electrons. The number of nitrogens with zero attached hydrogens (tertiary/aromatic N) is 3. The van der Waals surface area contributed by atoms with Gasteiger partial charge in [-0.25, -0.2) is 4.68 Å². The van der Waals surface area contributed by atoms with Gasteiger partial charge in [0.2, 0.25) is 0 Å². The molecule has 1 fully saturated rings. The third kappa shape index (κ3) is 4.39. The standard InChI is InChI=1S/C18H20ClN3O3/c19-15-4-6-16(7-5-15)22-12-14(10-20-22)18(25)21-9-1-2-13(11-21)3-8-17(23)24/h4-7,10,12-13H,1-3,8-9,11H2,(H,23,24). The molecule has 1 aromatic carbocycles. The fraction of sp³-hybridized carbons (Fsp3) is 0.389. The van der Waals surface area contributed by atoms with Gasteiger partial charge in [0.25, 0.3) is 5.91 Å². The van der Waals surface area contributed by atoms with Gasteiger partial charge in [-0.15, -0.1) is 0 Å². The molecule has 1 unspecified atom stereocenters. The summed E-state index contributed by atoms with van der Waals surface area (Å²) in [5.74, 6) is -0.590. The molecule has 1 aliphatic rings. The summed E-state index contributed by atoms with van der Waals surface area (Å²) in [4.78, 5) is 25.3. The van der Waals surface area contributed by atoms with E-state index in [1.807, 2.05) is 12.1 Å². The number of hydrogen-bond donors (Lipinski definition) is 1. The Labute approximate surface area is 151 Å². The van der Waals surface area contributed by atoms with Gasteiger partial charge in [0.1, 0.15) is 0 Å². The monoisotopic (exact) mass is 361 g/mol. The van der Waals surface area contributed by atoms with Gasteiger partial charge < -0.3 is 10.0 Å². The van der Waals surface area contributed by atoms with E-state index in [0.717, 1.165) is 18.5 Å². The van der Waals surface area contributed by atoms with Gasteiger partial charge in [-0.1, -0.05) is 11.6 Å². The number of amides is 1. The normalized spacial score (nSPS) is 17.5. The third-order valence-electron chi connectivity index (χ3n) is 4.49. The highest BCUT2D eigenvalue weighted by Crippen LogP contribution is 2.23. The lowest BCUT2D eigenvalue weighted by Gasteiger charge is -2.32. The molecule has 0 aliphatic carbocycles. The van der Waals surface area contributed by atoms with E-state index < -0.39 is 5.97 Å². The van der Waals surface area contributed by atoms with Crippen LogP contribution in [0.5, 0.6) is 0 Å². The lowest BCUT2D eigenvalue weighted by Crippen LogP contribution is -2.39. The first-order chi connectivity index (χ1) is 12.0. The van der Waals surface area contributed by atoms with Crippen LogP contribution in [0.25, 0.3) is 5.69 Å². The van der Waals surface area contributed by atoms with Crippen molar-refractivity contribution >= 4 is 23.5 Å². The fourth-order valence-electron chi connectivity index (χ4n) is 3.16. The molecular weight excluding hydrogens is 342 g/mol. The van der Waals surface area contributed by atoms with Crippen molar-refractivity contribution in [2.45, 2.75) is 25.7 Å². The Hall–Kier alpha value is -2.34. The summed E-state index contributed by atoms with van der Waals surface area (Å²) < 4.78 is 1.65. The van der Waals surface area contributed by atoms with Crippen LogP contribution < -0.4 is 0 Å². The SMILES string of the molecule is O=C(O)CCC1CCCN(C(=O)c2cnn(-c3ccc(Cl)cc3)c2)C1. The Balaban J connectivity index is 1.66. The molecule has 1 N–H and O–H groups in total. The van der Waals surface area contributed by atoms with Crippen molar-refractivity contribution in [2.24, 2.45) is 5.92 Å². The van der Waals surface area contributed by atoms with Crippen LogP contribution in [-0.4, -0.2) is 44.8 Å². The molecular formula is C18H20ClN3O3. The second-order valence-corrected chi connectivity index (χ2v) is 6.78. The summed E-state index contributed by atoms with van der Waals surface area (Å²) >= 11 is 5.89. The Morgan fingerprint density at radius 1 is 1.28 bits per heavy atom. The van der Waals surface area contributed by atoms with E-state index in [9.17, 15) is 9.59 Å². The number of carbonyl (C=O) groups is 2. The number of carboxylic acids is 1. The van der Waals surface area contributed by atoms with E-state index in [2.05, 4.69) is 5.10 Å². The van der Waals surface area contributed by atoms with Crippen LogP contribution in [0.4, 0.5) is 0 Å². The van der Waals surface area contributed by atoms with Gasteiger partial charge in [0.05, 0.1) is 17.4 Å². The molecule has 1 atom stereocenters. The highest BCUT2D eigenvalue weighted by Gasteiger charge is 2.25. The van der Waals surface area contributed by atoms with E-state index in [0.29, 0.717) is 30.1 Å². The number of carboxylic acid groups (broad SMARTS) is 1. The highest BCUT2D eigenvalue weighted by molar-refractivity contribution is 6.30. The number of piperidine rings is 1. The lowest BCUT2D eigenvalue weighted by molar-refractivity contribution is -0.137. The molecule has 3 rings (SSSR count). The zero-order valence-corrected chi connectivity index (χ0v) is 14.5. The predicted molar refractivity (Wildman–Crippen MR) is 94.1 cm³/mol. The molecule has 25 heavy (non-hydrogen) atoms. The summed E-state index contributed by atoms with van der Waals surface area (Å²) in [7, 11) is 0. The first-order valence-corrected chi connectivity index (χ1v) is 8.72. The largest absolute Gasteiger partial charge is 0.481 e. The van der Waals surface area contributed by atoms with Crippen LogP contribution in [0, 0.1) is 5.92 Å². The highest BCUT2D eigenvalue weighted by atomic mass is 35.5. The van der Waals surface area contributed by atoms with E-state index >= 15 is 0 Å². The van der Waals surface area contributed by atoms with Gasteiger partial charge in [-0.3, -0.25) is 9.59 Å². The molecule has 6 nitrogen and oxygen atoms in total. The van der Waals surface area contributed by atoms with Crippen molar-refractivity contribution in [2.75, 3.05) is 13.1 Å². The summed E-state index contributed by atoms with van der Waals surface area (Å²) in [6, 6.07) is 7.23. The summed E-state index contributed by atoms with van der Waals surface area (Å²) in [5, 5.41) is 13.7. The Morgan fingerprint density at radius 3 is 2.76 bits per heavy atom. The molecule has 1 saturated heterocycles. The Bertz CT molecular complexity index is 757. The second-order valence-electron chi connectivity index (χ2n) is 6.34. The first kappa shape index (κ1) is 17.5. The molecule has 1 amide bonds. The van der Waals surface area contributed by atoms with E-state index in [4.69, 9.17) is 16.7 Å². The maximum atomic E-state index is 12.7. The minimum Gasteiger partial charge on any atom is -0.481 e. The van der Waals surface area contributed by atoms with Gasteiger partial charge in [0, 0.05) is 30.7 Å². The minimum absolute atomic E-state index is 0.0553. The molecule has 0 spiro atoms. The third-order valence-corrected chi connectivity index (χ3v) is 4.75. The number of aliphatic carboxylic acids is 1. The quantitative estimate of drug-likeness (QED) is 0.887. The molecule has 1 aromatic heterocycles. The summed E-state index contributed by atoms with van der Waals surface area (Å²) in [6.07, 6.45) is 5.93. The number of rotatable bonds is 5. The molecule has 0 saturated carbocycles. The smallest absolute Gasteiger partial charge is 0.303 e. The van der Waals surface area contributed by atoms with Crippen LogP contribution in [-0.2, 0) is 4.79 Å². The molecule has 7 heteroatoms. The molecule has 0 bridgehead atoms. The molecule has 132 valence electrons. The minimum atomic E-state index is -0.785. The number of likely N-dealkylation sites (tertiary alicyclic amines) is 1. The molecule has 1 aliphatic heterocycles. The van der Waals surface area contributed by atoms with Gasteiger partial charge >= 0.3 is 5.97 Å². The molecule has 2 aromatic rings. The van der Waals surface area contributed by atoms with Crippen molar-refractivity contribution in [3.63, 3.8) is 0 Å². The van der Waals surface area contributed by atoms with Crippen molar-refractivity contribution in [3.8, 4) is 5.69 Å². The average molecular weight is 362 g/mol. The average Bonchev–Trinajstić information content (AvgIpc) is 3.10. The number of halogens is 1. The van der Waals surface area contributed by atoms with Crippen molar-refractivity contribution in [3.05, 3.63) is 47.2 Å². The number of benzene rings is 1. The van der Waals surface area contributed by atoms with E-state index in [1.165, 1.54) is 0 Å². The van der Waals surface area contributed by atoms with Gasteiger partial charge in [-0.2, -0.15) is 5.10 Å². The zero-order chi connectivity index (χ0) is 17.8. The van der Waals surface area contributed by atoms with E-state index in [1.54, 1.807) is 34.1 Å². The predicted octanol–water partition coefficient (Wildman–Crippen LogP) is 3.24. The van der Waals surface area contributed by atoms with E-state index in [-0.39, 0.29) is 18.2 Å². The fourth-order valence-corrected chi connectivity index (χ4v) is 3.29. The van der Waals surface area contributed by atoms with Gasteiger partial charge in [-0.05, 0) is 49.4 Å². The zero-order valence-electron chi connectivity index (χ0n) is 13.8. The summed E-state index contributed by atoms with van der Waals surface area (Å²) in [6.45, 7) is 1.31. The number of aromatic nitrogens is 2. The Morgan fingerprint density at radius 2 is 2.04 bits per heavy atom. The van der Waals surface area contributed by atoms with Crippen LogP contribution in [0.2, 0.25) is 5.02 Å². The second kappa shape index (κ2) is 7.70. The van der Waals surface area contributed by atoms with Crippen molar-refractivity contribution in [1.82, 2.24) is 14.7 Å². The Kier molecular flexibility index (Phi) is 5.38. The number of carbonyl (C=O) groups excluding carboxylic acids is 1. The number of hydrogen-bond acceptors (Lipinski definition) is 3. The maximum Gasteiger partial charge on any atom is 0.303 e. The first-order valence-electron chi connectivity index (χ1n) is 8.34. The van der Waals surface area contributed by atoms with Crippen LogP contribution in [0.1, 0.15) is 36.0 Å². The molecule has 2 heterocycles. The van der Waals surface area contributed by atoms with Crippen LogP contribution in [0.3, 0.4) is 0 Å². The lowest BCUT2D eigenvalue weighted by atomic mass is 9.93. The van der Waals surface area contributed by atoms with Crippen molar-refractivity contribution < 1.29 is 14.7 Å². The van der Waals surface area contributed by atoms with Gasteiger partial charge in [0.15, 0.2) is 0 Å². The van der Waals surface area contributed by atoms with Crippen LogP contribution in [0.15, 0.2) is 36.7 Å². The maximum absolute atomic E-state index is 12.7. The summed E-state index contributed by atoms with van der Waals surface area (Å²) in [5.41, 5.74) is 1.37. The van der Waals surface area contributed by atoms with Crippen LogP contribution >= 0.6 is 11.6 Å². The van der Waals surface area contributed by atoms with Crippen molar-refractivity contribution in [1.29, 1.82) is 0 Å².